The van der Waals surface area contributed by atoms with Crippen LogP contribution >= 0.6 is 11.5 Å². The summed E-state index contributed by atoms with van der Waals surface area (Å²) < 4.78 is 29.6. The third-order valence-corrected chi connectivity index (χ3v) is 8.38. The Balaban J connectivity index is 1.46. The summed E-state index contributed by atoms with van der Waals surface area (Å²) in [6, 6.07) is 22.6. The van der Waals surface area contributed by atoms with Gasteiger partial charge in [0.05, 0.1) is 4.90 Å². The molecule has 5 nitrogen and oxygen atoms in total. The van der Waals surface area contributed by atoms with Gasteiger partial charge < -0.3 is 0 Å². The van der Waals surface area contributed by atoms with Gasteiger partial charge in [-0.05, 0) is 65.0 Å². The Kier molecular flexibility index (Phi) is 5.56. The van der Waals surface area contributed by atoms with Crippen molar-refractivity contribution in [3.63, 3.8) is 0 Å². The zero-order valence-electron chi connectivity index (χ0n) is 17.0. The molecule has 0 aliphatic carbocycles. The second-order valence-electron chi connectivity index (χ2n) is 7.94. The normalized spacial score (nSPS) is 17.4. The van der Waals surface area contributed by atoms with Crippen LogP contribution in [-0.2, 0) is 22.1 Å². The number of hydrogen-bond acceptors (Lipinski definition) is 6. The Hall–Kier alpha value is -2.61. The lowest BCUT2D eigenvalue weighted by Gasteiger charge is -2.26. The number of nitrogens with zero attached hydrogens (tertiary/aromatic N) is 3. The highest BCUT2D eigenvalue weighted by molar-refractivity contribution is 7.90. The van der Waals surface area contributed by atoms with E-state index in [1.165, 1.54) is 23.9 Å². The van der Waals surface area contributed by atoms with Crippen LogP contribution in [0.3, 0.4) is 0 Å². The quantitative estimate of drug-likeness (QED) is 0.414. The smallest absolute Gasteiger partial charge is 0.184 e. The Bertz CT molecular complexity index is 1290. The SMILES string of the molecule is O=S(=O)(Cc1ncns1)c1ccc2c(C3CCCN3Cc3ccccc3)cccc2c1. The number of hydrogen-bond donors (Lipinski definition) is 0. The van der Waals surface area contributed by atoms with E-state index < -0.39 is 9.84 Å². The topological polar surface area (TPSA) is 63.2 Å². The Labute approximate surface area is 186 Å². The van der Waals surface area contributed by atoms with E-state index in [-0.39, 0.29) is 5.75 Å². The van der Waals surface area contributed by atoms with E-state index in [1.807, 2.05) is 24.3 Å². The van der Waals surface area contributed by atoms with Crippen LogP contribution in [0.4, 0.5) is 0 Å². The molecular weight excluding hydrogens is 426 g/mol. The predicted molar refractivity (Wildman–Crippen MR) is 124 cm³/mol. The number of sulfone groups is 1. The molecule has 5 rings (SSSR count). The molecule has 1 aliphatic rings. The summed E-state index contributed by atoms with van der Waals surface area (Å²) in [6.07, 6.45) is 3.68. The number of fused-ring (bicyclic) bond motifs is 1. The summed E-state index contributed by atoms with van der Waals surface area (Å²) in [6.45, 7) is 2.00. The molecule has 7 heteroatoms. The second-order valence-corrected chi connectivity index (χ2v) is 10.8. The first-order chi connectivity index (χ1) is 15.1. The standard InChI is InChI=1S/C24H23N3O2S2/c28-31(29,16-24-25-17-26-30-24)20-11-12-21-19(14-20)8-4-9-22(21)23-10-5-13-27(23)15-18-6-2-1-3-7-18/h1-4,6-9,11-12,14,17,23H,5,10,13,15-16H2. The van der Waals surface area contributed by atoms with Crippen molar-refractivity contribution in [2.75, 3.05) is 6.54 Å². The summed E-state index contributed by atoms with van der Waals surface area (Å²) in [5.74, 6) is -0.115. The van der Waals surface area contributed by atoms with Gasteiger partial charge in [-0.15, -0.1) is 0 Å². The molecule has 158 valence electrons. The van der Waals surface area contributed by atoms with Crippen molar-refractivity contribution in [3.05, 3.63) is 89.2 Å². The molecule has 1 aliphatic heterocycles. The molecule has 1 atom stereocenters. The Morgan fingerprint density at radius 2 is 1.90 bits per heavy atom. The van der Waals surface area contributed by atoms with Crippen molar-refractivity contribution in [3.8, 4) is 0 Å². The van der Waals surface area contributed by atoms with Gasteiger partial charge in [-0.1, -0.05) is 54.6 Å². The lowest BCUT2D eigenvalue weighted by atomic mass is 9.97. The molecule has 1 saturated heterocycles. The molecule has 1 unspecified atom stereocenters. The van der Waals surface area contributed by atoms with Gasteiger partial charge in [0, 0.05) is 12.6 Å². The van der Waals surface area contributed by atoms with Gasteiger partial charge >= 0.3 is 0 Å². The van der Waals surface area contributed by atoms with Crippen molar-refractivity contribution in [1.29, 1.82) is 0 Å². The third kappa shape index (κ3) is 4.26. The Morgan fingerprint density at radius 1 is 1.03 bits per heavy atom. The molecule has 1 aromatic heterocycles. The van der Waals surface area contributed by atoms with E-state index in [0.29, 0.717) is 15.9 Å². The average Bonchev–Trinajstić information content (AvgIpc) is 3.45. The van der Waals surface area contributed by atoms with E-state index in [4.69, 9.17) is 0 Å². The van der Waals surface area contributed by atoms with Gasteiger partial charge in [-0.2, -0.15) is 4.37 Å². The minimum Gasteiger partial charge on any atom is -0.292 e. The molecule has 4 aromatic rings. The molecule has 0 radical (unpaired) electrons. The minimum absolute atomic E-state index is 0.115. The van der Waals surface area contributed by atoms with Gasteiger partial charge in [-0.3, -0.25) is 4.90 Å². The maximum atomic E-state index is 12.9. The highest BCUT2D eigenvalue weighted by atomic mass is 32.2. The zero-order valence-corrected chi connectivity index (χ0v) is 18.6. The van der Waals surface area contributed by atoms with Gasteiger partial charge in [0.1, 0.15) is 17.1 Å². The molecule has 0 bridgehead atoms. The van der Waals surface area contributed by atoms with E-state index in [2.05, 4.69) is 44.6 Å². The van der Waals surface area contributed by atoms with Crippen LogP contribution in [-0.4, -0.2) is 29.2 Å². The zero-order chi connectivity index (χ0) is 21.3. The van der Waals surface area contributed by atoms with Crippen LogP contribution < -0.4 is 0 Å². The van der Waals surface area contributed by atoms with Crippen LogP contribution in [0, 0.1) is 0 Å². The lowest BCUT2D eigenvalue weighted by Crippen LogP contribution is -2.22. The number of benzene rings is 3. The lowest BCUT2D eigenvalue weighted by molar-refractivity contribution is 0.250. The van der Waals surface area contributed by atoms with Gasteiger partial charge in [0.15, 0.2) is 9.84 Å². The monoisotopic (exact) mass is 449 g/mol. The Morgan fingerprint density at radius 3 is 2.71 bits per heavy atom. The summed E-state index contributed by atoms with van der Waals surface area (Å²) in [5, 5.41) is 2.60. The maximum Gasteiger partial charge on any atom is 0.184 e. The van der Waals surface area contributed by atoms with Gasteiger partial charge in [0.25, 0.3) is 0 Å². The van der Waals surface area contributed by atoms with Crippen LogP contribution in [0.5, 0.6) is 0 Å². The van der Waals surface area contributed by atoms with Crippen molar-refractivity contribution in [2.45, 2.75) is 36.1 Å². The molecule has 2 heterocycles. The first-order valence-electron chi connectivity index (χ1n) is 10.4. The van der Waals surface area contributed by atoms with E-state index in [9.17, 15) is 8.42 Å². The molecule has 0 amide bonds. The van der Waals surface area contributed by atoms with Crippen LogP contribution in [0.1, 0.15) is 35.0 Å². The largest absolute Gasteiger partial charge is 0.292 e. The second kappa shape index (κ2) is 8.49. The van der Waals surface area contributed by atoms with Gasteiger partial charge in [-0.25, -0.2) is 13.4 Å². The summed E-state index contributed by atoms with van der Waals surface area (Å²) in [5.41, 5.74) is 2.60. The number of likely N-dealkylation sites (tertiary alicyclic amines) is 1. The maximum absolute atomic E-state index is 12.9. The molecule has 31 heavy (non-hydrogen) atoms. The average molecular weight is 450 g/mol. The van der Waals surface area contributed by atoms with Crippen molar-refractivity contribution < 1.29 is 8.42 Å². The third-order valence-electron chi connectivity index (χ3n) is 5.92. The molecule has 1 fully saturated rings. The first kappa shape index (κ1) is 20.3. The van der Waals surface area contributed by atoms with E-state index in [1.54, 1.807) is 12.1 Å². The van der Waals surface area contributed by atoms with Crippen LogP contribution in [0.25, 0.3) is 10.8 Å². The minimum atomic E-state index is -3.46. The highest BCUT2D eigenvalue weighted by Crippen LogP contribution is 2.37. The summed E-state index contributed by atoms with van der Waals surface area (Å²) in [7, 11) is -3.46. The van der Waals surface area contributed by atoms with Crippen molar-refractivity contribution in [2.24, 2.45) is 0 Å². The highest BCUT2D eigenvalue weighted by Gasteiger charge is 2.27. The number of aromatic nitrogens is 2. The van der Waals surface area contributed by atoms with E-state index >= 15 is 0 Å². The first-order valence-corrected chi connectivity index (χ1v) is 12.8. The molecular formula is C24H23N3O2S2. The molecule has 3 aromatic carbocycles. The van der Waals surface area contributed by atoms with Gasteiger partial charge in [0.2, 0.25) is 0 Å². The molecule has 0 saturated carbocycles. The predicted octanol–water partition coefficient (Wildman–Crippen LogP) is 5.00. The van der Waals surface area contributed by atoms with Crippen molar-refractivity contribution in [1.82, 2.24) is 14.3 Å². The molecule has 0 spiro atoms. The fraction of sp³-hybridized carbons (Fsp3) is 0.250. The van der Waals surface area contributed by atoms with Crippen LogP contribution in [0.15, 0.2) is 78.0 Å². The fourth-order valence-corrected chi connectivity index (χ4v) is 6.60. The summed E-state index contributed by atoms with van der Waals surface area (Å²) in [4.78, 5) is 6.89. The number of rotatable bonds is 6. The summed E-state index contributed by atoms with van der Waals surface area (Å²) >= 11 is 1.12. The van der Waals surface area contributed by atoms with Crippen LogP contribution in [0.2, 0.25) is 0 Å². The molecule has 0 N–H and O–H groups in total. The fourth-order valence-electron chi connectivity index (χ4n) is 4.46. The van der Waals surface area contributed by atoms with Crippen molar-refractivity contribution >= 4 is 32.1 Å². The van der Waals surface area contributed by atoms with E-state index in [0.717, 1.165) is 41.8 Å².